The normalized spacial score (nSPS) is 15.4. The van der Waals surface area contributed by atoms with E-state index in [0.717, 1.165) is 24.2 Å². The van der Waals surface area contributed by atoms with Crippen LogP contribution in [0.25, 0.3) is 16.9 Å². The summed E-state index contributed by atoms with van der Waals surface area (Å²) in [6, 6.07) is 3.26. The van der Waals surface area contributed by atoms with Crippen molar-refractivity contribution in [3.8, 4) is 11.4 Å². The zero-order valence-corrected chi connectivity index (χ0v) is 16.4. The Kier molecular flexibility index (Phi) is 4.31. The summed E-state index contributed by atoms with van der Waals surface area (Å²) in [6.45, 7) is 1.88. The molecule has 9 nitrogen and oxygen atoms in total. The lowest BCUT2D eigenvalue weighted by Crippen LogP contribution is -2.17. The van der Waals surface area contributed by atoms with Gasteiger partial charge in [-0.2, -0.15) is 28.1 Å². The number of nitrogens with two attached hydrogens (primary N) is 1. The molecular formula is C19H18F3N9. The van der Waals surface area contributed by atoms with E-state index in [0.29, 0.717) is 11.4 Å². The zero-order chi connectivity index (χ0) is 21.8. The van der Waals surface area contributed by atoms with E-state index in [-0.39, 0.29) is 23.5 Å². The first-order valence-corrected chi connectivity index (χ1v) is 9.62. The first-order chi connectivity index (χ1) is 14.8. The maximum absolute atomic E-state index is 12.9. The SMILES string of the molecule is Cc1ncc2ccc(-c3nc(N)nc(N[C@H](c4c[nH]c(C(F)(F)F)n4)C4CC4)n3)cn12. The van der Waals surface area contributed by atoms with Crippen molar-refractivity contribution >= 4 is 17.4 Å². The average Bonchev–Trinajstić information content (AvgIpc) is 3.31. The highest BCUT2D eigenvalue weighted by Crippen LogP contribution is 2.42. The number of pyridine rings is 1. The third-order valence-corrected chi connectivity index (χ3v) is 5.19. The van der Waals surface area contributed by atoms with Crippen LogP contribution in [-0.4, -0.2) is 34.3 Å². The summed E-state index contributed by atoms with van der Waals surface area (Å²) in [4.78, 5) is 23.0. The lowest BCUT2D eigenvalue weighted by Gasteiger charge is -2.16. The number of anilines is 2. The first kappa shape index (κ1) is 19.3. The van der Waals surface area contributed by atoms with Gasteiger partial charge in [0.1, 0.15) is 5.82 Å². The number of fused-ring (bicyclic) bond motifs is 1. The zero-order valence-electron chi connectivity index (χ0n) is 16.4. The van der Waals surface area contributed by atoms with Crippen LogP contribution in [0.3, 0.4) is 0 Å². The summed E-state index contributed by atoms with van der Waals surface area (Å²) in [6.07, 6.45) is 2.07. The van der Waals surface area contributed by atoms with Gasteiger partial charge in [-0.05, 0) is 37.8 Å². The Balaban J connectivity index is 1.47. The van der Waals surface area contributed by atoms with Gasteiger partial charge in [0.15, 0.2) is 5.82 Å². The smallest absolute Gasteiger partial charge is 0.368 e. The highest BCUT2D eigenvalue weighted by molar-refractivity contribution is 5.61. The van der Waals surface area contributed by atoms with Crippen molar-refractivity contribution < 1.29 is 13.2 Å². The van der Waals surface area contributed by atoms with Gasteiger partial charge in [-0.1, -0.05) is 0 Å². The van der Waals surface area contributed by atoms with Crippen LogP contribution < -0.4 is 11.1 Å². The van der Waals surface area contributed by atoms with Gasteiger partial charge in [0.05, 0.1) is 23.4 Å². The van der Waals surface area contributed by atoms with Gasteiger partial charge in [0.25, 0.3) is 0 Å². The monoisotopic (exact) mass is 429 g/mol. The minimum atomic E-state index is -4.54. The number of nitrogen functional groups attached to an aromatic ring is 1. The van der Waals surface area contributed by atoms with Crippen LogP contribution in [-0.2, 0) is 6.18 Å². The van der Waals surface area contributed by atoms with Gasteiger partial charge in [0, 0.05) is 18.0 Å². The van der Waals surface area contributed by atoms with Crippen LogP contribution in [0.15, 0.2) is 30.7 Å². The molecule has 1 atom stereocenters. The van der Waals surface area contributed by atoms with E-state index in [4.69, 9.17) is 5.73 Å². The maximum Gasteiger partial charge on any atom is 0.449 e. The quantitative estimate of drug-likeness (QED) is 0.444. The molecule has 0 aromatic carbocycles. The van der Waals surface area contributed by atoms with E-state index in [1.165, 1.54) is 6.20 Å². The molecular weight excluding hydrogens is 411 g/mol. The van der Waals surface area contributed by atoms with Gasteiger partial charge in [-0.15, -0.1) is 0 Å². The lowest BCUT2D eigenvalue weighted by atomic mass is 10.1. The second-order valence-electron chi connectivity index (χ2n) is 7.49. The molecule has 12 heteroatoms. The number of rotatable bonds is 5. The van der Waals surface area contributed by atoms with Gasteiger partial charge in [-0.3, -0.25) is 0 Å². The number of imidazole rings is 2. The number of nitrogens with one attached hydrogen (secondary N) is 2. The molecule has 1 aliphatic carbocycles. The van der Waals surface area contributed by atoms with Crippen LogP contribution >= 0.6 is 0 Å². The van der Waals surface area contributed by atoms with Gasteiger partial charge in [-0.25, -0.2) is 9.97 Å². The van der Waals surface area contributed by atoms with Crippen molar-refractivity contribution in [2.75, 3.05) is 11.1 Å². The van der Waals surface area contributed by atoms with Crippen LogP contribution in [0.5, 0.6) is 0 Å². The Morgan fingerprint density at radius 1 is 1.19 bits per heavy atom. The summed E-state index contributed by atoms with van der Waals surface area (Å²) < 4.78 is 40.7. The Morgan fingerprint density at radius 2 is 2.00 bits per heavy atom. The molecule has 1 aliphatic rings. The van der Waals surface area contributed by atoms with E-state index in [1.807, 2.05) is 29.7 Å². The van der Waals surface area contributed by atoms with E-state index in [2.05, 4.69) is 35.2 Å². The van der Waals surface area contributed by atoms with Gasteiger partial charge >= 0.3 is 6.18 Å². The molecule has 5 rings (SSSR count). The topological polar surface area (TPSA) is 123 Å². The minimum absolute atomic E-state index is 0.00232. The summed E-state index contributed by atoms with van der Waals surface area (Å²) in [5.41, 5.74) is 7.78. The first-order valence-electron chi connectivity index (χ1n) is 9.62. The molecule has 4 heterocycles. The predicted octanol–water partition coefficient (Wildman–Crippen LogP) is 3.38. The Bertz CT molecular complexity index is 1260. The minimum Gasteiger partial charge on any atom is -0.368 e. The van der Waals surface area contributed by atoms with Crippen LogP contribution in [0, 0.1) is 12.8 Å². The predicted molar refractivity (Wildman–Crippen MR) is 106 cm³/mol. The third kappa shape index (κ3) is 3.76. The molecule has 0 amide bonds. The molecule has 4 aromatic heterocycles. The van der Waals surface area contributed by atoms with E-state index in [9.17, 15) is 13.2 Å². The van der Waals surface area contributed by atoms with Crippen molar-refractivity contribution in [2.24, 2.45) is 5.92 Å². The highest BCUT2D eigenvalue weighted by Gasteiger charge is 2.38. The summed E-state index contributed by atoms with van der Waals surface area (Å²) in [7, 11) is 0. The maximum atomic E-state index is 12.9. The average molecular weight is 429 g/mol. The van der Waals surface area contributed by atoms with E-state index >= 15 is 0 Å². The van der Waals surface area contributed by atoms with Gasteiger partial charge in [0.2, 0.25) is 17.7 Å². The van der Waals surface area contributed by atoms with E-state index in [1.54, 1.807) is 6.20 Å². The Hall–Kier alpha value is -3.70. The van der Waals surface area contributed by atoms with Crippen molar-refractivity contribution in [1.29, 1.82) is 0 Å². The number of aryl methyl sites for hydroxylation is 1. The highest BCUT2D eigenvalue weighted by atomic mass is 19.4. The van der Waals surface area contributed by atoms with E-state index < -0.39 is 18.0 Å². The molecule has 0 aliphatic heterocycles. The number of hydrogen-bond donors (Lipinski definition) is 3. The molecule has 0 radical (unpaired) electrons. The van der Waals surface area contributed by atoms with Gasteiger partial charge < -0.3 is 20.4 Å². The Labute approximate surface area is 174 Å². The molecule has 0 spiro atoms. The molecule has 160 valence electrons. The number of hydrogen-bond acceptors (Lipinski definition) is 7. The molecule has 31 heavy (non-hydrogen) atoms. The van der Waals surface area contributed by atoms with Crippen LogP contribution in [0.2, 0.25) is 0 Å². The number of aromatic nitrogens is 7. The van der Waals surface area contributed by atoms with Crippen LogP contribution in [0.1, 0.15) is 36.2 Å². The summed E-state index contributed by atoms with van der Waals surface area (Å²) >= 11 is 0. The largest absolute Gasteiger partial charge is 0.449 e. The number of aromatic amines is 1. The van der Waals surface area contributed by atoms with Crippen molar-refractivity contribution in [3.63, 3.8) is 0 Å². The fourth-order valence-corrected chi connectivity index (χ4v) is 3.48. The molecule has 4 aromatic rings. The molecule has 4 N–H and O–H groups in total. The van der Waals surface area contributed by atoms with Crippen LogP contribution in [0.4, 0.5) is 25.1 Å². The number of H-pyrrole nitrogens is 1. The second-order valence-corrected chi connectivity index (χ2v) is 7.49. The van der Waals surface area contributed by atoms with Crippen molar-refractivity contribution in [1.82, 2.24) is 34.3 Å². The standard InChI is InChI=1S/C19H18F3N9/c1-9-24-6-12-5-4-11(8-31(9)12)15-28-17(23)30-18(29-15)27-14(10-2-3-10)13-7-25-16(26-13)19(20,21)22/h4-8,10,14H,2-3H2,1H3,(H,25,26)(H3,23,27,28,29,30)/t14-/m0/s1. The number of nitrogens with zero attached hydrogens (tertiary/aromatic N) is 6. The second kappa shape index (κ2) is 6.93. The fraction of sp³-hybridized carbons (Fsp3) is 0.316. The summed E-state index contributed by atoms with van der Waals surface area (Å²) in [5.74, 6) is 0.439. The van der Waals surface area contributed by atoms with Crippen molar-refractivity contribution in [2.45, 2.75) is 32.0 Å². The number of halogens is 3. The molecule has 0 saturated heterocycles. The van der Waals surface area contributed by atoms with Crippen molar-refractivity contribution in [3.05, 3.63) is 48.1 Å². The third-order valence-electron chi connectivity index (χ3n) is 5.19. The molecule has 0 bridgehead atoms. The lowest BCUT2D eigenvalue weighted by molar-refractivity contribution is -0.144. The molecule has 0 unspecified atom stereocenters. The summed E-state index contributed by atoms with van der Waals surface area (Å²) in [5, 5.41) is 3.11. The fourth-order valence-electron chi connectivity index (χ4n) is 3.48. The number of alkyl halides is 3. The Morgan fingerprint density at radius 3 is 2.71 bits per heavy atom. The molecule has 1 saturated carbocycles. The molecule has 1 fully saturated rings.